The number of fused-ring (bicyclic) bond motifs is 1. The maximum absolute atomic E-state index is 11.8. The van der Waals surface area contributed by atoms with Crippen molar-refractivity contribution in [2.45, 2.75) is 90.5 Å². The first-order chi connectivity index (χ1) is 15.7. The Morgan fingerprint density at radius 1 is 1.06 bits per heavy atom. The first-order valence-electron chi connectivity index (χ1n) is 11.0. The number of alkyl carbamates (subject to hydrolysis) is 1. The molecule has 3 N–H and O–H groups in total. The zero-order valence-corrected chi connectivity index (χ0v) is 21.4. The SMILES string of the molecule is CC(=O)OC[C@H](NC(=S)NCCNC(=O)OC(C)(C)C)[C@H]1O[C@@H]2OC(C)(C)O[C@@H]2[C@H]1OC(C)=O. The molecule has 2 aliphatic rings. The number of esters is 2. The summed E-state index contributed by atoms with van der Waals surface area (Å²) in [7, 11) is 0. The van der Waals surface area contributed by atoms with E-state index in [1.54, 1.807) is 34.6 Å². The number of hydrogen-bond donors (Lipinski definition) is 3. The third-order valence-corrected chi connectivity index (χ3v) is 4.85. The average molecular weight is 506 g/mol. The van der Waals surface area contributed by atoms with E-state index in [0.29, 0.717) is 6.54 Å². The molecule has 2 fully saturated rings. The van der Waals surface area contributed by atoms with Gasteiger partial charge in [0.25, 0.3) is 0 Å². The van der Waals surface area contributed by atoms with Gasteiger partial charge in [-0.05, 0) is 46.8 Å². The van der Waals surface area contributed by atoms with Gasteiger partial charge in [0.05, 0.1) is 6.04 Å². The highest BCUT2D eigenvalue weighted by Crippen LogP contribution is 2.39. The van der Waals surface area contributed by atoms with Crippen LogP contribution in [-0.4, -0.2) is 84.9 Å². The minimum Gasteiger partial charge on any atom is -0.464 e. The molecular weight excluding hydrogens is 470 g/mol. The van der Waals surface area contributed by atoms with Crippen LogP contribution in [0.2, 0.25) is 0 Å². The Morgan fingerprint density at radius 3 is 2.29 bits per heavy atom. The number of nitrogens with one attached hydrogen (secondary N) is 3. The van der Waals surface area contributed by atoms with Gasteiger partial charge < -0.3 is 44.4 Å². The summed E-state index contributed by atoms with van der Waals surface area (Å²) in [6.45, 7) is 11.8. The lowest BCUT2D eigenvalue weighted by atomic mass is 10.0. The summed E-state index contributed by atoms with van der Waals surface area (Å²) in [4.78, 5) is 34.9. The van der Waals surface area contributed by atoms with E-state index in [0.717, 1.165) is 0 Å². The Bertz CT molecular complexity index is 771. The smallest absolute Gasteiger partial charge is 0.407 e. The van der Waals surface area contributed by atoms with Crippen molar-refractivity contribution in [1.29, 1.82) is 0 Å². The summed E-state index contributed by atoms with van der Waals surface area (Å²) in [5.74, 6) is -1.93. The lowest BCUT2D eigenvalue weighted by Crippen LogP contribution is -2.55. The summed E-state index contributed by atoms with van der Waals surface area (Å²) in [6, 6.07) is -0.687. The predicted molar refractivity (Wildman–Crippen MR) is 123 cm³/mol. The van der Waals surface area contributed by atoms with E-state index in [1.165, 1.54) is 13.8 Å². The molecule has 0 aromatic heterocycles. The maximum atomic E-state index is 11.8. The van der Waals surface area contributed by atoms with E-state index in [1.807, 2.05) is 0 Å². The highest BCUT2D eigenvalue weighted by atomic mass is 32.1. The van der Waals surface area contributed by atoms with Crippen molar-refractivity contribution >= 4 is 35.4 Å². The second kappa shape index (κ2) is 11.5. The number of hydrogen-bond acceptors (Lipinski definition) is 10. The molecule has 34 heavy (non-hydrogen) atoms. The number of amides is 1. The zero-order valence-electron chi connectivity index (χ0n) is 20.6. The Kier molecular flexibility index (Phi) is 9.45. The van der Waals surface area contributed by atoms with E-state index >= 15 is 0 Å². The van der Waals surface area contributed by atoms with E-state index in [9.17, 15) is 14.4 Å². The molecule has 5 atom stereocenters. The first kappa shape index (κ1) is 28.0. The number of carbonyl (C=O) groups excluding carboxylic acids is 3. The molecule has 0 spiro atoms. The molecule has 0 aliphatic carbocycles. The second-order valence-electron chi connectivity index (χ2n) is 9.38. The summed E-state index contributed by atoms with van der Waals surface area (Å²) < 4.78 is 33.5. The van der Waals surface area contributed by atoms with Crippen LogP contribution in [0.15, 0.2) is 0 Å². The first-order valence-corrected chi connectivity index (χ1v) is 11.4. The van der Waals surface area contributed by atoms with Crippen LogP contribution in [-0.2, 0) is 38.0 Å². The maximum Gasteiger partial charge on any atom is 0.407 e. The lowest BCUT2D eigenvalue weighted by Gasteiger charge is -2.31. The number of rotatable bonds is 8. The van der Waals surface area contributed by atoms with Crippen molar-refractivity contribution < 1.29 is 42.8 Å². The molecule has 194 valence electrons. The van der Waals surface area contributed by atoms with Crippen molar-refractivity contribution in [3.8, 4) is 0 Å². The second-order valence-corrected chi connectivity index (χ2v) is 9.79. The van der Waals surface area contributed by atoms with Crippen LogP contribution in [0.3, 0.4) is 0 Å². The fourth-order valence-electron chi connectivity index (χ4n) is 3.45. The van der Waals surface area contributed by atoms with Crippen LogP contribution < -0.4 is 16.0 Å². The molecule has 2 aliphatic heterocycles. The van der Waals surface area contributed by atoms with Crippen LogP contribution in [0.4, 0.5) is 4.79 Å². The van der Waals surface area contributed by atoms with Crippen LogP contribution in [0.1, 0.15) is 48.5 Å². The molecule has 13 heteroatoms. The van der Waals surface area contributed by atoms with Crippen molar-refractivity contribution in [3.63, 3.8) is 0 Å². The highest BCUT2D eigenvalue weighted by molar-refractivity contribution is 7.80. The Labute approximate surface area is 204 Å². The summed E-state index contributed by atoms with van der Waals surface area (Å²) in [6.07, 6.45) is -3.59. The van der Waals surface area contributed by atoms with Crippen molar-refractivity contribution in [2.24, 2.45) is 0 Å². The molecule has 0 aromatic rings. The summed E-state index contributed by atoms with van der Waals surface area (Å²) >= 11 is 5.34. The fraction of sp³-hybridized carbons (Fsp3) is 0.810. The Balaban J connectivity index is 1.98. The molecule has 0 aromatic carbocycles. The van der Waals surface area contributed by atoms with Gasteiger partial charge in [-0.2, -0.15) is 0 Å². The van der Waals surface area contributed by atoms with E-state index in [-0.39, 0.29) is 18.3 Å². The summed E-state index contributed by atoms with van der Waals surface area (Å²) in [5, 5.41) is 8.80. The Hall–Kier alpha value is -2.22. The molecule has 2 saturated heterocycles. The molecule has 0 saturated carbocycles. The van der Waals surface area contributed by atoms with Gasteiger partial charge in [-0.3, -0.25) is 9.59 Å². The van der Waals surface area contributed by atoms with Crippen LogP contribution >= 0.6 is 12.2 Å². The number of carbonyl (C=O) groups is 3. The molecule has 1 amide bonds. The van der Waals surface area contributed by atoms with E-state index < -0.39 is 60.1 Å². The standard InChI is InChI=1S/C21H35N3O9S/c1-11(25)28-10-13(24-18(34)22-8-9-23-19(27)33-20(3,4)5)14-15(29-12(2)26)16-17(30-14)32-21(6,7)31-16/h13-17H,8-10H2,1-7H3,(H,23,27)(H2,22,24,34)/t13-,14+,15-,16+,17+/m0/s1. The molecule has 0 bridgehead atoms. The predicted octanol–water partition coefficient (Wildman–Crippen LogP) is 0.715. The van der Waals surface area contributed by atoms with Gasteiger partial charge in [0.2, 0.25) is 0 Å². The van der Waals surface area contributed by atoms with Crippen LogP contribution in [0.25, 0.3) is 0 Å². The fourth-order valence-corrected chi connectivity index (χ4v) is 3.71. The molecule has 2 heterocycles. The van der Waals surface area contributed by atoms with Gasteiger partial charge in [0.15, 0.2) is 29.4 Å². The van der Waals surface area contributed by atoms with E-state index in [4.69, 9.17) is 40.6 Å². The third-order valence-electron chi connectivity index (χ3n) is 4.59. The number of ether oxygens (including phenoxy) is 6. The number of thiocarbonyl (C=S) groups is 1. The minimum atomic E-state index is -0.907. The largest absolute Gasteiger partial charge is 0.464 e. The van der Waals surface area contributed by atoms with Gasteiger partial charge in [0, 0.05) is 26.9 Å². The van der Waals surface area contributed by atoms with Crippen molar-refractivity contribution in [1.82, 2.24) is 16.0 Å². The van der Waals surface area contributed by atoms with Gasteiger partial charge in [0.1, 0.15) is 18.3 Å². The van der Waals surface area contributed by atoms with E-state index in [2.05, 4.69) is 16.0 Å². The molecular formula is C21H35N3O9S. The highest BCUT2D eigenvalue weighted by Gasteiger charge is 2.58. The minimum absolute atomic E-state index is 0.113. The average Bonchev–Trinajstić information content (AvgIpc) is 3.13. The van der Waals surface area contributed by atoms with Gasteiger partial charge in [-0.1, -0.05) is 0 Å². The van der Waals surface area contributed by atoms with Crippen molar-refractivity contribution in [3.05, 3.63) is 0 Å². The summed E-state index contributed by atoms with van der Waals surface area (Å²) in [5.41, 5.74) is -0.598. The zero-order chi connectivity index (χ0) is 25.7. The van der Waals surface area contributed by atoms with Gasteiger partial charge >= 0.3 is 18.0 Å². The van der Waals surface area contributed by atoms with Gasteiger partial charge in [-0.25, -0.2) is 4.79 Å². The monoisotopic (exact) mass is 505 g/mol. The third kappa shape index (κ3) is 8.85. The molecule has 2 rings (SSSR count). The van der Waals surface area contributed by atoms with Crippen LogP contribution in [0, 0.1) is 0 Å². The van der Waals surface area contributed by atoms with Crippen LogP contribution in [0.5, 0.6) is 0 Å². The molecule has 12 nitrogen and oxygen atoms in total. The topological polar surface area (TPSA) is 143 Å². The van der Waals surface area contributed by atoms with Crippen molar-refractivity contribution in [2.75, 3.05) is 19.7 Å². The molecule has 0 unspecified atom stereocenters. The lowest BCUT2D eigenvalue weighted by molar-refractivity contribution is -0.222. The Morgan fingerprint density at radius 2 is 1.71 bits per heavy atom. The quantitative estimate of drug-likeness (QED) is 0.185. The molecule has 0 radical (unpaired) electrons. The van der Waals surface area contributed by atoms with Gasteiger partial charge in [-0.15, -0.1) is 0 Å². The normalized spacial score (nSPS) is 26.1.